The minimum Gasteiger partial charge on any atom is -0.495 e. The third-order valence-corrected chi connectivity index (χ3v) is 4.55. The van der Waals surface area contributed by atoms with Gasteiger partial charge in [0, 0.05) is 24.7 Å². The molecule has 1 unspecified atom stereocenters. The molecule has 0 spiro atoms. The Balaban J connectivity index is 0.00000242. The number of amides is 1. The van der Waals surface area contributed by atoms with E-state index in [4.69, 9.17) is 9.47 Å². The van der Waals surface area contributed by atoms with Crippen molar-refractivity contribution in [2.75, 3.05) is 34.4 Å². The van der Waals surface area contributed by atoms with Crippen LogP contribution >= 0.6 is 28.3 Å². The third kappa shape index (κ3) is 3.86. The number of likely N-dealkylation sites (N-methyl/N-ethyl adjacent to an activating group) is 1. The van der Waals surface area contributed by atoms with Gasteiger partial charge in [0.2, 0.25) is 0 Å². The Morgan fingerprint density at radius 3 is 2.45 bits per heavy atom. The Hall–Kier alpha value is -0.980. The number of nitrogens with zero attached hydrogens (tertiary/aromatic N) is 1. The van der Waals surface area contributed by atoms with E-state index in [1.165, 1.54) is 0 Å². The summed E-state index contributed by atoms with van der Waals surface area (Å²) in [6, 6.07) is 3.76. The van der Waals surface area contributed by atoms with Gasteiger partial charge in [-0.3, -0.25) is 4.79 Å². The summed E-state index contributed by atoms with van der Waals surface area (Å²) in [6.45, 7) is 1.61. The van der Waals surface area contributed by atoms with Crippen LogP contribution in [0.5, 0.6) is 11.5 Å². The van der Waals surface area contributed by atoms with Crippen LogP contribution in [0.25, 0.3) is 0 Å². The number of hydrogen-bond acceptors (Lipinski definition) is 4. The lowest BCUT2D eigenvalue weighted by Gasteiger charge is -2.25. The highest BCUT2D eigenvalue weighted by molar-refractivity contribution is 9.10. The SMILES string of the molecule is CNCC1CCCN1C(=O)c1cc(OC)c(Br)c(OC)c1.Cl. The second kappa shape index (κ2) is 8.60. The van der Waals surface area contributed by atoms with Crippen molar-refractivity contribution in [3.63, 3.8) is 0 Å². The number of benzene rings is 1. The van der Waals surface area contributed by atoms with Gasteiger partial charge in [0.1, 0.15) is 16.0 Å². The van der Waals surface area contributed by atoms with Gasteiger partial charge in [-0.1, -0.05) is 0 Å². The fourth-order valence-corrected chi connectivity index (χ4v) is 3.26. The molecule has 22 heavy (non-hydrogen) atoms. The lowest BCUT2D eigenvalue weighted by atomic mass is 10.1. The maximum atomic E-state index is 12.8. The summed E-state index contributed by atoms with van der Waals surface area (Å²) in [6.07, 6.45) is 2.08. The van der Waals surface area contributed by atoms with Crippen LogP contribution in [0.4, 0.5) is 0 Å². The van der Waals surface area contributed by atoms with Crippen LogP contribution in [0.2, 0.25) is 0 Å². The molecule has 124 valence electrons. The number of carbonyl (C=O) groups is 1. The first-order chi connectivity index (χ1) is 10.1. The molecule has 0 aromatic heterocycles. The Morgan fingerprint density at radius 1 is 1.36 bits per heavy atom. The number of nitrogens with one attached hydrogen (secondary N) is 1. The standard InChI is InChI=1S/C15H21BrN2O3.ClH/c1-17-9-11-5-4-6-18(11)15(19)10-7-12(20-2)14(16)13(8-10)21-3;/h7-8,11,17H,4-6,9H2,1-3H3;1H. The van der Waals surface area contributed by atoms with E-state index in [2.05, 4.69) is 21.2 Å². The third-order valence-electron chi connectivity index (χ3n) is 3.77. The number of rotatable bonds is 5. The predicted molar refractivity (Wildman–Crippen MR) is 92.5 cm³/mol. The summed E-state index contributed by atoms with van der Waals surface area (Å²) in [5.41, 5.74) is 0.593. The van der Waals surface area contributed by atoms with Crippen LogP contribution < -0.4 is 14.8 Å². The molecular weight excluding hydrogens is 372 g/mol. The van der Waals surface area contributed by atoms with E-state index >= 15 is 0 Å². The Kier molecular flexibility index (Phi) is 7.45. The van der Waals surface area contributed by atoms with Crippen molar-refractivity contribution in [2.45, 2.75) is 18.9 Å². The van der Waals surface area contributed by atoms with Crippen molar-refractivity contribution in [1.82, 2.24) is 10.2 Å². The average Bonchev–Trinajstić information content (AvgIpc) is 2.95. The van der Waals surface area contributed by atoms with Crippen molar-refractivity contribution in [1.29, 1.82) is 0 Å². The molecule has 1 heterocycles. The van der Waals surface area contributed by atoms with Crippen molar-refractivity contribution in [3.8, 4) is 11.5 Å². The van der Waals surface area contributed by atoms with Crippen molar-refractivity contribution in [3.05, 3.63) is 22.2 Å². The van der Waals surface area contributed by atoms with E-state index in [0.29, 0.717) is 17.1 Å². The van der Waals surface area contributed by atoms with Crippen LogP contribution in [0.1, 0.15) is 23.2 Å². The summed E-state index contributed by atoms with van der Waals surface area (Å²) >= 11 is 3.42. The van der Waals surface area contributed by atoms with Crippen LogP contribution in [0.15, 0.2) is 16.6 Å². The molecular formula is C15H22BrClN2O3. The topological polar surface area (TPSA) is 50.8 Å². The molecule has 1 saturated heterocycles. The van der Waals surface area contributed by atoms with E-state index in [9.17, 15) is 4.79 Å². The maximum absolute atomic E-state index is 12.8. The molecule has 2 rings (SSSR count). The normalized spacial score (nSPS) is 17.1. The van der Waals surface area contributed by atoms with Crippen LogP contribution in [-0.2, 0) is 0 Å². The molecule has 1 aromatic carbocycles. The lowest BCUT2D eigenvalue weighted by Crippen LogP contribution is -2.40. The van der Waals surface area contributed by atoms with E-state index in [-0.39, 0.29) is 24.4 Å². The van der Waals surface area contributed by atoms with Gasteiger partial charge >= 0.3 is 0 Å². The summed E-state index contributed by atoms with van der Waals surface area (Å²) in [7, 11) is 5.06. The second-order valence-electron chi connectivity index (χ2n) is 5.05. The van der Waals surface area contributed by atoms with Crippen molar-refractivity contribution < 1.29 is 14.3 Å². The first-order valence-corrected chi connectivity index (χ1v) is 7.78. The minimum atomic E-state index is 0. The Bertz CT molecular complexity index is 503. The van der Waals surface area contributed by atoms with E-state index < -0.39 is 0 Å². The van der Waals surface area contributed by atoms with Gasteiger partial charge in [0.25, 0.3) is 5.91 Å². The quantitative estimate of drug-likeness (QED) is 0.836. The van der Waals surface area contributed by atoms with E-state index in [1.807, 2.05) is 11.9 Å². The summed E-state index contributed by atoms with van der Waals surface area (Å²) in [5, 5.41) is 3.15. The fraction of sp³-hybridized carbons (Fsp3) is 0.533. The minimum absolute atomic E-state index is 0. The summed E-state index contributed by atoms with van der Waals surface area (Å²) in [5.74, 6) is 1.22. The van der Waals surface area contributed by atoms with Gasteiger partial charge in [-0.05, 0) is 48.0 Å². The molecule has 0 bridgehead atoms. The van der Waals surface area contributed by atoms with Gasteiger partial charge in [-0.2, -0.15) is 0 Å². The number of carbonyl (C=O) groups excluding carboxylic acids is 1. The zero-order valence-corrected chi connectivity index (χ0v) is 15.4. The molecule has 0 radical (unpaired) electrons. The predicted octanol–water partition coefficient (Wildman–Crippen LogP) is 2.71. The molecule has 7 heteroatoms. The molecule has 1 aliphatic heterocycles. The van der Waals surface area contributed by atoms with Gasteiger partial charge < -0.3 is 19.7 Å². The van der Waals surface area contributed by atoms with Gasteiger partial charge in [-0.15, -0.1) is 12.4 Å². The monoisotopic (exact) mass is 392 g/mol. The molecule has 1 atom stereocenters. The van der Waals surface area contributed by atoms with Crippen molar-refractivity contribution in [2.24, 2.45) is 0 Å². The fourth-order valence-electron chi connectivity index (χ4n) is 2.71. The van der Waals surface area contributed by atoms with Crippen molar-refractivity contribution >= 4 is 34.2 Å². The van der Waals surface area contributed by atoms with Gasteiger partial charge in [0.15, 0.2) is 0 Å². The molecule has 1 fully saturated rings. The molecule has 1 aromatic rings. The van der Waals surface area contributed by atoms with Gasteiger partial charge in [-0.25, -0.2) is 0 Å². The second-order valence-corrected chi connectivity index (χ2v) is 5.84. The van der Waals surface area contributed by atoms with E-state index in [0.717, 1.165) is 30.4 Å². The maximum Gasteiger partial charge on any atom is 0.254 e. The highest BCUT2D eigenvalue weighted by Gasteiger charge is 2.29. The first-order valence-electron chi connectivity index (χ1n) is 6.99. The Labute approximate surface area is 145 Å². The first kappa shape index (κ1) is 19.1. The molecule has 5 nitrogen and oxygen atoms in total. The average molecular weight is 394 g/mol. The largest absolute Gasteiger partial charge is 0.495 e. The number of ether oxygens (including phenoxy) is 2. The Morgan fingerprint density at radius 2 is 1.95 bits per heavy atom. The highest BCUT2D eigenvalue weighted by atomic mass is 79.9. The zero-order valence-electron chi connectivity index (χ0n) is 13.0. The summed E-state index contributed by atoms with van der Waals surface area (Å²) < 4.78 is 11.3. The lowest BCUT2D eigenvalue weighted by molar-refractivity contribution is 0.0736. The summed E-state index contributed by atoms with van der Waals surface area (Å²) in [4.78, 5) is 14.7. The molecule has 1 aliphatic rings. The molecule has 1 N–H and O–H groups in total. The molecule has 0 saturated carbocycles. The number of methoxy groups -OCH3 is 2. The molecule has 0 aliphatic carbocycles. The smallest absolute Gasteiger partial charge is 0.254 e. The number of likely N-dealkylation sites (tertiary alicyclic amines) is 1. The zero-order chi connectivity index (χ0) is 15.4. The van der Waals surface area contributed by atoms with Crippen LogP contribution in [0.3, 0.4) is 0 Å². The number of hydrogen-bond donors (Lipinski definition) is 1. The van der Waals surface area contributed by atoms with Gasteiger partial charge in [0.05, 0.1) is 14.2 Å². The molecule has 1 amide bonds. The van der Waals surface area contributed by atoms with Crippen LogP contribution in [0, 0.1) is 0 Å². The van der Waals surface area contributed by atoms with Crippen LogP contribution in [-0.4, -0.2) is 51.2 Å². The number of halogens is 2. The highest BCUT2D eigenvalue weighted by Crippen LogP contribution is 2.36. The van der Waals surface area contributed by atoms with E-state index in [1.54, 1.807) is 26.4 Å².